The highest BCUT2D eigenvalue weighted by Gasteiger charge is 2.15. The van der Waals surface area contributed by atoms with Gasteiger partial charge in [0.2, 0.25) is 0 Å². The van der Waals surface area contributed by atoms with Gasteiger partial charge in [-0.3, -0.25) is 0 Å². The molecule has 1 aromatic carbocycles. The van der Waals surface area contributed by atoms with E-state index in [0.29, 0.717) is 11.3 Å². The van der Waals surface area contributed by atoms with Gasteiger partial charge in [-0.2, -0.15) is 0 Å². The van der Waals surface area contributed by atoms with Crippen molar-refractivity contribution >= 4 is 5.71 Å². The molecule has 0 heterocycles. The molecule has 1 unspecified atom stereocenters. The first-order chi connectivity index (χ1) is 6.70. The van der Waals surface area contributed by atoms with Crippen LogP contribution in [0, 0.1) is 0 Å². The van der Waals surface area contributed by atoms with Crippen molar-refractivity contribution in [2.45, 2.75) is 13.0 Å². The zero-order chi connectivity index (χ0) is 10.6. The van der Waals surface area contributed by atoms with Gasteiger partial charge in [0, 0.05) is 5.56 Å². The predicted molar refractivity (Wildman–Crippen MR) is 52.8 cm³/mol. The smallest absolute Gasteiger partial charge is 0.125 e. The minimum absolute atomic E-state index is 0.231. The number of para-hydroxylation sites is 1. The zero-order valence-electron chi connectivity index (χ0n) is 8.14. The normalized spacial score (nSPS) is 13.8. The number of rotatable bonds is 3. The SMILES string of the molecule is COc1ccccc1C(O)/C(C)=N/O. The summed E-state index contributed by atoms with van der Waals surface area (Å²) in [6, 6.07) is 7.05. The Morgan fingerprint density at radius 2 is 2.07 bits per heavy atom. The van der Waals surface area contributed by atoms with Gasteiger partial charge in [0.15, 0.2) is 0 Å². The Labute approximate surface area is 82.4 Å². The van der Waals surface area contributed by atoms with Gasteiger partial charge in [0.25, 0.3) is 0 Å². The zero-order valence-corrected chi connectivity index (χ0v) is 8.14. The van der Waals surface area contributed by atoms with Gasteiger partial charge in [0.1, 0.15) is 11.9 Å². The first-order valence-corrected chi connectivity index (χ1v) is 4.20. The highest BCUT2D eigenvalue weighted by molar-refractivity contribution is 5.87. The number of ether oxygens (including phenoxy) is 1. The Morgan fingerprint density at radius 3 is 2.64 bits per heavy atom. The molecule has 0 saturated carbocycles. The van der Waals surface area contributed by atoms with Crippen molar-refractivity contribution in [2.75, 3.05) is 7.11 Å². The quantitative estimate of drug-likeness (QED) is 0.437. The van der Waals surface area contributed by atoms with Crippen LogP contribution in [-0.4, -0.2) is 23.1 Å². The summed E-state index contributed by atoms with van der Waals surface area (Å²) >= 11 is 0. The van der Waals surface area contributed by atoms with Gasteiger partial charge in [-0.05, 0) is 13.0 Å². The average molecular weight is 195 g/mol. The molecule has 0 spiro atoms. The average Bonchev–Trinajstić information content (AvgIpc) is 2.26. The van der Waals surface area contributed by atoms with Crippen LogP contribution in [0.25, 0.3) is 0 Å². The Kier molecular flexibility index (Phi) is 3.48. The number of hydrogen-bond acceptors (Lipinski definition) is 4. The van der Waals surface area contributed by atoms with Gasteiger partial charge in [-0.1, -0.05) is 23.4 Å². The summed E-state index contributed by atoms with van der Waals surface area (Å²) in [7, 11) is 1.52. The lowest BCUT2D eigenvalue weighted by Crippen LogP contribution is -2.09. The Bertz CT molecular complexity index is 336. The molecule has 1 rings (SSSR count). The van der Waals surface area contributed by atoms with Gasteiger partial charge >= 0.3 is 0 Å². The van der Waals surface area contributed by atoms with Crippen LogP contribution in [0.4, 0.5) is 0 Å². The second-order valence-electron chi connectivity index (χ2n) is 2.89. The Morgan fingerprint density at radius 1 is 1.43 bits per heavy atom. The third-order valence-corrected chi connectivity index (χ3v) is 1.99. The Balaban J connectivity index is 3.05. The van der Waals surface area contributed by atoms with E-state index in [1.165, 1.54) is 14.0 Å². The molecule has 76 valence electrons. The van der Waals surface area contributed by atoms with Crippen molar-refractivity contribution in [3.63, 3.8) is 0 Å². The second-order valence-corrected chi connectivity index (χ2v) is 2.89. The van der Waals surface area contributed by atoms with Crippen molar-refractivity contribution in [2.24, 2.45) is 5.16 Å². The third kappa shape index (κ3) is 2.03. The monoisotopic (exact) mass is 195 g/mol. The van der Waals surface area contributed by atoms with Crippen LogP contribution in [0.15, 0.2) is 29.4 Å². The lowest BCUT2D eigenvalue weighted by Gasteiger charge is -2.13. The molecule has 1 aromatic rings. The van der Waals surface area contributed by atoms with E-state index in [9.17, 15) is 5.11 Å². The van der Waals surface area contributed by atoms with Gasteiger partial charge < -0.3 is 15.1 Å². The maximum atomic E-state index is 9.73. The summed E-state index contributed by atoms with van der Waals surface area (Å²) in [5.74, 6) is 0.572. The maximum Gasteiger partial charge on any atom is 0.125 e. The molecule has 0 aliphatic carbocycles. The van der Waals surface area contributed by atoms with E-state index >= 15 is 0 Å². The van der Waals surface area contributed by atoms with Gasteiger partial charge in [-0.15, -0.1) is 0 Å². The third-order valence-electron chi connectivity index (χ3n) is 1.99. The summed E-state index contributed by atoms with van der Waals surface area (Å²) in [6.07, 6.45) is -0.934. The summed E-state index contributed by atoms with van der Waals surface area (Å²) in [6.45, 7) is 1.54. The van der Waals surface area contributed by atoms with Crippen LogP contribution in [0.1, 0.15) is 18.6 Å². The fourth-order valence-electron chi connectivity index (χ4n) is 1.17. The minimum atomic E-state index is -0.934. The van der Waals surface area contributed by atoms with Crippen LogP contribution in [0.2, 0.25) is 0 Å². The first kappa shape index (κ1) is 10.5. The first-order valence-electron chi connectivity index (χ1n) is 4.20. The highest BCUT2D eigenvalue weighted by Crippen LogP contribution is 2.25. The second kappa shape index (κ2) is 4.62. The van der Waals surface area contributed by atoms with Gasteiger partial charge in [0.05, 0.1) is 12.8 Å². The molecular weight excluding hydrogens is 182 g/mol. The summed E-state index contributed by atoms with van der Waals surface area (Å²) < 4.78 is 5.06. The van der Waals surface area contributed by atoms with E-state index in [-0.39, 0.29) is 5.71 Å². The summed E-state index contributed by atoms with van der Waals surface area (Å²) in [5, 5.41) is 21.2. The molecule has 0 aliphatic heterocycles. The molecule has 2 N–H and O–H groups in total. The highest BCUT2D eigenvalue weighted by atomic mass is 16.5. The van der Waals surface area contributed by atoms with E-state index in [1.807, 2.05) is 0 Å². The summed E-state index contributed by atoms with van der Waals surface area (Å²) in [5.41, 5.74) is 0.819. The number of oxime groups is 1. The van der Waals surface area contributed by atoms with Crippen molar-refractivity contribution in [3.05, 3.63) is 29.8 Å². The molecule has 0 aliphatic rings. The number of nitrogens with zero attached hydrogens (tertiary/aromatic N) is 1. The number of methoxy groups -OCH3 is 1. The number of aliphatic hydroxyl groups is 1. The molecule has 0 radical (unpaired) electrons. The molecule has 0 saturated heterocycles. The largest absolute Gasteiger partial charge is 0.496 e. The van der Waals surface area contributed by atoms with Crippen molar-refractivity contribution in [1.82, 2.24) is 0 Å². The molecule has 14 heavy (non-hydrogen) atoms. The number of benzene rings is 1. The lowest BCUT2D eigenvalue weighted by molar-refractivity contribution is 0.229. The molecule has 4 nitrogen and oxygen atoms in total. The van der Waals surface area contributed by atoms with Crippen LogP contribution >= 0.6 is 0 Å². The van der Waals surface area contributed by atoms with Crippen LogP contribution < -0.4 is 4.74 Å². The molecule has 4 heteroatoms. The molecule has 0 fully saturated rings. The maximum absolute atomic E-state index is 9.73. The summed E-state index contributed by atoms with van der Waals surface area (Å²) in [4.78, 5) is 0. The van der Waals surface area contributed by atoms with Crippen molar-refractivity contribution < 1.29 is 15.1 Å². The molecule has 1 atom stereocenters. The minimum Gasteiger partial charge on any atom is -0.496 e. The Hall–Kier alpha value is -1.55. The standard InChI is InChI=1S/C10H13NO3/c1-7(11-13)10(12)8-5-3-4-6-9(8)14-2/h3-6,10,12-13H,1-2H3/b11-7+. The van der Waals surface area contributed by atoms with Crippen molar-refractivity contribution in [1.29, 1.82) is 0 Å². The van der Waals surface area contributed by atoms with E-state index in [4.69, 9.17) is 9.94 Å². The molecule has 0 amide bonds. The van der Waals surface area contributed by atoms with Crippen LogP contribution in [-0.2, 0) is 0 Å². The number of aliphatic hydroxyl groups excluding tert-OH is 1. The van der Waals surface area contributed by atoms with E-state index in [1.54, 1.807) is 24.3 Å². The van der Waals surface area contributed by atoms with Crippen molar-refractivity contribution in [3.8, 4) is 5.75 Å². The number of hydrogen-bond donors (Lipinski definition) is 2. The predicted octanol–water partition coefficient (Wildman–Crippen LogP) is 1.58. The molecule has 0 aromatic heterocycles. The topological polar surface area (TPSA) is 62.0 Å². The fraction of sp³-hybridized carbons (Fsp3) is 0.300. The fourth-order valence-corrected chi connectivity index (χ4v) is 1.17. The van der Waals surface area contributed by atoms with E-state index < -0.39 is 6.10 Å². The van der Waals surface area contributed by atoms with E-state index in [0.717, 1.165) is 0 Å². The van der Waals surface area contributed by atoms with Crippen LogP contribution in [0.5, 0.6) is 5.75 Å². The van der Waals surface area contributed by atoms with E-state index in [2.05, 4.69) is 5.16 Å². The molecule has 0 bridgehead atoms. The van der Waals surface area contributed by atoms with Gasteiger partial charge in [-0.25, -0.2) is 0 Å². The molecular formula is C10H13NO3. The van der Waals surface area contributed by atoms with Crippen LogP contribution in [0.3, 0.4) is 0 Å². The lowest BCUT2D eigenvalue weighted by atomic mass is 10.1.